The van der Waals surface area contributed by atoms with Crippen LogP contribution in [0.4, 0.5) is 18.9 Å². The number of carboxylic acid groups (broad SMARTS) is 1. The van der Waals surface area contributed by atoms with Crippen LogP contribution in [0.3, 0.4) is 0 Å². The molecule has 2 saturated heterocycles. The van der Waals surface area contributed by atoms with E-state index >= 15 is 0 Å². The molecule has 66 heavy (non-hydrogen) atoms. The van der Waals surface area contributed by atoms with Gasteiger partial charge in [0.05, 0.1) is 49.6 Å². The first kappa shape index (κ1) is 50.6. The summed E-state index contributed by atoms with van der Waals surface area (Å²) in [5, 5.41) is 23.5. The van der Waals surface area contributed by atoms with Gasteiger partial charge in [0.15, 0.2) is 12.4 Å². The number of nitrogens with zero attached hydrogens (tertiary/aromatic N) is 4. The molecule has 1 aromatic heterocycles. The first-order valence-corrected chi connectivity index (χ1v) is 23.4. The Morgan fingerprint density at radius 2 is 1.77 bits per heavy atom. The maximum atomic E-state index is 13.6. The number of amides is 3. The highest BCUT2D eigenvalue weighted by atomic mass is 79.9. The van der Waals surface area contributed by atoms with Gasteiger partial charge in [-0.25, -0.2) is 4.79 Å². The number of aliphatic carboxylic acids is 1. The summed E-state index contributed by atoms with van der Waals surface area (Å²) in [6.07, 6.45) is 5.84. The van der Waals surface area contributed by atoms with Crippen LogP contribution in [0, 0.1) is 6.92 Å². The maximum Gasteiger partial charge on any atom is 0.490 e. The van der Waals surface area contributed by atoms with E-state index < -0.39 is 12.1 Å². The fraction of sp³-hybridized carbons (Fsp3) is 0.553. The van der Waals surface area contributed by atoms with Gasteiger partial charge in [-0.15, -0.1) is 0 Å². The standard InChI is InChI=1S/C45H59BrN6O7.C2HF3O2/c1-32-38(27-36(46)28-48-32)44(56)51-22-25-59-45(31-51)15-19-50(20-16-45)29-34-7-5-6-33(26-34)13-23-57-24-14-41(55)52(37-8-3-2-4-9-37)21-18-47-17-12-35-10-11-39(53)42-43(35)58-30-40(54)49-42;3-2(4,5)1(6)7/h5-7,10-11,26-28,37,47,53H,2-4,8-9,12-25,29-31H2,1H3,(H,49,54);(H,6,7). The molecule has 4 heterocycles. The number of benzene rings is 2. The highest BCUT2D eigenvalue weighted by Gasteiger charge is 2.41. The highest BCUT2D eigenvalue weighted by Crippen LogP contribution is 2.39. The Morgan fingerprint density at radius 3 is 2.52 bits per heavy atom. The predicted octanol–water partition coefficient (Wildman–Crippen LogP) is 6.27. The fourth-order valence-electron chi connectivity index (χ4n) is 8.93. The minimum absolute atomic E-state index is 0.00555. The molecule has 3 aliphatic heterocycles. The predicted molar refractivity (Wildman–Crippen MR) is 242 cm³/mol. The van der Waals surface area contributed by atoms with Crippen molar-refractivity contribution in [3.05, 3.63) is 81.1 Å². The zero-order valence-electron chi connectivity index (χ0n) is 37.3. The Bertz CT molecular complexity index is 2150. The van der Waals surface area contributed by atoms with Gasteiger partial charge in [0.1, 0.15) is 11.4 Å². The largest absolute Gasteiger partial charge is 0.506 e. The zero-order chi connectivity index (χ0) is 47.3. The van der Waals surface area contributed by atoms with Crippen LogP contribution in [-0.2, 0) is 43.2 Å². The molecule has 1 spiro atoms. The van der Waals surface area contributed by atoms with Crippen molar-refractivity contribution in [2.45, 2.75) is 95.5 Å². The molecule has 3 amide bonds. The quantitative estimate of drug-likeness (QED) is 0.0934. The summed E-state index contributed by atoms with van der Waals surface area (Å²) in [5.41, 5.74) is 4.81. The van der Waals surface area contributed by atoms with Gasteiger partial charge in [-0.1, -0.05) is 49.6 Å². The third-order valence-electron chi connectivity index (χ3n) is 12.5. The van der Waals surface area contributed by atoms with Crippen LogP contribution in [0.2, 0.25) is 0 Å². The van der Waals surface area contributed by atoms with Gasteiger partial charge in [-0.2, -0.15) is 13.2 Å². The van der Waals surface area contributed by atoms with E-state index in [4.69, 9.17) is 24.1 Å². The average molecular weight is 990 g/mol. The summed E-state index contributed by atoms with van der Waals surface area (Å²) in [6, 6.07) is 14.3. The molecule has 4 aliphatic rings. The van der Waals surface area contributed by atoms with Crippen LogP contribution in [-0.4, -0.2) is 144 Å². The SMILES string of the molecule is Cc1ncc(Br)cc1C(=O)N1CCOC2(CCN(Cc3cccc(CCOCCC(=O)N(CCNCCc4ccc(O)c5c4OCC(=O)N5)C4CCCCC4)c3)CC2)C1.O=C(O)C(F)(F)F. The minimum Gasteiger partial charge on any atom is -0.506 e. The molecule has 19 heteroatoms. The molecule has 0 bridgehead atoms. The van der Waals surface area contributed by atoms with Crippen LogP contribution >= 0.6 is 15.9 Å². The third-order valence-corrected chi connectivity index (χ3v) is 12.9. The molecule has 0 atom stereocenters. The number of aryl methyl sites for hydroxylation is 1. The first-order valence-electron chi connectivity index (χ1n) is 22.6. The summed E-state index contributed by atoms with van der Waals surface area (Å²) >= 11 is 3.46. The molecule has 1 aliphatic carbocycles. The lowest BCUT2D eigenvalue weighted by molar-refractivity contribution is -0.192. The molecule has 0 unspecified atom stereocenters. The van der Waals surface area contributed by atoms with Crippen LogP contribution in [0.15, 0.2) is 53.1 Å². The number of anilines is 1. The summed E-state index contributed by atoms with van der Waals surface area (Å²) < 4.78 is 50.6. The number of alkyl halides is 3. The van der Waals surface area contributed by atoms with Gasteiger partial charge >= 0.3 is 12.1 Å². The number of phenolic OH excluding ortho intramolecular Hbond substituents is 1. The molecule has 0 radical (unpaired) electrons. The second kappa shape index (κ2) is 23.8. The summed E-state index contributed by atoms with van der Waals surface area (Å²) in [5.74, 6) is -2.35. The molecule has 1 saturated carbocycles. The molecule has 2 aromatic carbocycles. The van der Waals surface area contributed by atoms with E-state index in [9.17, 15) is 32.7 Å². The number of carbonyl (C=O) groups is 4. The average Bonchev–Trinajstić information content (AvgIpc) is 3.30. The van der Waals surface area contributed by atoms with E-state index in [0.29, 0.717) is 82.4 Å². The summed E-state index contributed by atoms with van der Waals surface area (Å²) in [4.78, 5) is 58.5. The normalized spacial score (nSPS) is 17.5. The number of piperidine rings is 1. The monoisotopic (exact) mass is 988 g/mol. The lowest BCUT2D eigenvalue weighted by Crippen LogP contribution is -2.58. The fourth-order valence-corrected chi connectivity index (χ4v) is 9.26. The minimum atomic E-state index is -5.08. The molecule has 3 aromatic rings. The lowest BCUT2D eigenvalue weighted by Gasteiger charge is -2.47. The number of halogens is 4. The highest BCUT2D eigenvalue weighted by molar-refractivity contribution is 9.10. The van der Waals surface area contributed by atoms with Gasteiger partial charge < -0.3 is 44.9 Å². The maximum absolute atomic E-state index is 13.6. The summed E-state index contributed by atoms with van der Waals surface area (Å²) in [6.45, 7) is 9.20. The smallest absolute Gasteiger partial charge is 0.490 e. The number of phenols is 1. The molecular weight excluding hydrogens is 929 g/mol. The first-order chi connectivity index (χ1) is 31.6. The number of rotatable bonds is 16. The molecular formula is C47H60BrF3N6O9. The number of likely N-dealkylation sites (tertiary alicyclic amines) is 1. The van der Waals surface area contributed by atoms with Gasteiger partial charge in [0.2, 0.25) is 5.91 Å². The number of carboxylic acids is 1. The van der Waals surface area contributed by atoms with Crippen LogP contribution in [0.1, 0.15) is 84.1 Å². The van der Waals surface area contributed by atoms with Gasteiger partial charge in [-0.3, -0.25) is 24.3 Å². The lowest BCUT2D eigenvalue weighted by atomic mass is 9.88. The Kier molecular flexibility index (Phi) is 18.2. The number of hydrogen-bond donors (Lipinski definition) is 4. The van der Waals surface area contributed by atoms with Crippen molar-refractivity contribution < 1.29 is 56.8 Å². The van der Waals surface area contributed by atoms with E-state index in [-0.39, 0.29) is 41.7 Å². The Labute approximate surface area is 391 Å². The number of morpholine rings is 1. The Hall–Kier alpha value is -4.82. The Morgan fingerprint density at radius 1 is 1.03 bits per heavy atom. The Balaban J connectivity index is 0.000000952. The van der Waals surface area contributed by atoms with Gasteiger partial charge in [0, 0.05) is 56.0 Å². The molecule has 3 fully saturated rings. The van der Waals surface area contributed by atoms with Crippen molar-refractivity contribution >= 4 is 45.3 Å². The van der Waals surface area contributed by atoms with Crippen molar-refractivity contribution in [3.8, 4) is 11.5 Å². The number of hydrogen-bond acceptors (Lipinski definition) is 11. The number of carbonyl (C=O) groups excluding carboxylic acids is 3. The molecule has 7 rings (SSSR count). The zero-order valence-corrected chi connectivity index (χ0v) is 38.9. The van der Waals surface area contributed by atoms with Crippen molar-refractivity contribution in [1.82, 2.24) is 25.0 Å². The van der Waals surface area contributed by atoms with E-state index in [0.717, 1.165) is 80.3 Å². The van der Waals surface area contributed by atoms with Gasteiger partial charge in [0.25, 0.3) is 11.8 Å². The topological polar surface area (TPSA) is 183 Å². The molecule has 15 nitrogen and oxygen atoms in total. The van der Waals surface area contributed by atoms with Gasteiger partial charge in [-0.05, 0) is 96.7 Å². The van der Waals surface area contributed by atoms with Crippen LogP contribution < -0.4 is 15.4 Å². The van der Waals surface area contributed by atoms with Crippen LogP contribution in [0.5, 0.6) is 11.5 Å². The van der Waals surface area contributed by atoms with Crippen molar-refractivity contribution in [1.29, 1.82) is 0 Å². The van der Waals surface area contributed by atoms with E-state index in [2.05, 4.69) is 65.6 Å². The third kappa shape index (κ3) is 14.3. The molecule has 4 N–H and O–H groups in total. The number of ether oxygens (including phenoxy) is 3. The van der Waals surface area contributed by atoms with Crippen LogP contribution in [0.25, 0.3) is 0 Å². The molecule has 360 valence electrons. The van der Waals surface area contributed by atoms with E-state index in [1.807, 2.05) is 24.0 Å². The summed E-state index contributed by atoms with van der Waals surface area (Å²) in [7, 11) is 0. The van der Waals surface area contributed by atoms with Crippen molar-refractivity contribution in [2.24, 2.45) is 0 Å². The number of pyridine rings is 1. The van der Waals surface area contributed by atoms with Crippen molar-refractivity contribution in [2.75, 3.05) is 77.6 Å². The van der Waals surface area contributed by atoms with E-state index in [1.165, 1.54) is 17.5 Å². The number of aromatic nitrogens is 1. The second-order valence-electron chi connectivity index (χ2n) is 17.2. The second-order valence-corrected chi connectivity index (χ2v) is 18.1. The number of fused-ring (bicyclic) bond motifs is 1. The number of aromatic hydroxyl groups is 1. The van der Waals surface area contributed by atoms with E-state index in [1.54, 1.807) is 12.3 Å². The number of nitrogens with one attached hydrogen (secondary N) is 2. The van der Waals surface area contributed by atoms with Crippen molar-refractivity contribution in [3.63, 3.8) is 0 Å².